The van der Waals surface area contributed by atoms with Crippen molar-refractivity contribution in [1.29, 1.82) is 0 Å². The highest BCUT2D eigenvalue weighted by atomic mass is 16.5. The van der Waals surface area contributed by atoms with Crippen molar-refractivity contribution in [2.75, 3.05) is 13.7 Å². The van der Waals surface area contributed by atoms with Crippen molar-refractivity contribution in [3.05, 3.63) is 22.8 Å². The molecular formula is C13H21NO2. The fraction of sp³-hybridized carbons (Fsp3) is 0.538. The van der Waals surface area contributed by atoms with Crippen molar-refractivity contribution in [1.82, 2.24) is 0 Å². The number of aryl methyl sites for hydroxylation is 1. The summed E-state index contributed by atoms with van der Waals surface area (Å²) in [6.07, 6.45) is 2.88. The van der Waals surface area contributed by atoms with Crippen LogP contribution in [0.2, 0.25) is 0 Å². The van der Waals surface area contributed by atoms with E-state index in [2.05, 4.69) is 0 Å². The molecule has 1 rings (SSSR count). The summed E-state index contributed by atoms with van der Waals surface area (Å²) in [6, 6.07) is 1.98. The highest BCUT2D eigenvalue weighted by molar-refractivity contribution is 5.52. The Labute approximate surface area is 97.2 Å². The van der Waals surface area contributed by atoms with Crippen LogP contribution in [0.1, 0.15) is 29.5 Å². The van der Waals surface area contributed by atoms with Crippen molar-refractivity contribution in [2.45, 2.75) is 33.1 Å². The zero-order chi connectivity index (χ0) is 12.1. The van der Waals surface area contributed by atoms with E-state index in [0.717, 1.165) is 41.7 Å². The smallest absolute Gasteiger partial charge is 0.125 e. The van der Waals surface area contributed by atoms with Gasteiger partial charge in [0.15, 0.2) is 0 Å². The largest absolute Gasteiger partial charge is 0.507 e. The predicted molar refractivity (Wildman–Crippen MR) is 66.1 cm³/mol. The molecule has 0 aliphatic carbocycles. The molecule has 0 bridgehead atoms. The van der Waals surface area contributed by atoms with Crippen LogP contribution < -0.4 is 10.5 Å². The van der Waals surface area contributed by atoms with Crippen LogP contribution >= 0.6 is 0 Å². The van der Waals surface area contributed by atoms with E-state index in [-0.39, 0.29) is 0 Å². The molecule has 0 radical (unpaired) electrons. The van der Waals surface area contributed by atoms with Crippen LogP contribution in [0.5, 0.6) is 11.5 Å². The molecule has 0 saturated heterocycles. The molecule has 16 heavy (non-hydrogen) atoms. The minimum Gasteiger partial charge on any atom is -0.507 e. The first-order valence-corrected chi connectivity index (χ1v) is 5.68. The van der Waals surface area contributed by atoms with Gasteiger partial charge in [0.1, 0.15) is 11.5 Å². The number of hydrogen-bond donors (Lipinski definition) is 2. The number of rotatable bonds is 5. The minimum absolute atomic E-state index is 0.369. The van der Waals surface area contributed by atoms with Crippen molar-refractivity contribution < 1.29 is 9.84 Å². The van der Waals surface area contributed by atoms with E-state index in [1.165, 1.54) is 0 Å². The maximum Gasteiger partial charge on any atom is 0.125 e. The summed E-state index contributed by atoms with van der Waals surface area (Å²) in [4.78, 5) is 0. The van der Waals surface area contributed by atoms with Gasteiger partial charge in [-0.15, -0.1) is 0 Å². The molecule has 1 aromatic rings. The van der Waals surface area contributed by atoms with Gasteiger partial charge in [-0.05, 0) is 56.8 Å². The quantitative estimate of drug-likeness (QED) is 0.753. The number of ether oxygens (including phenoxy) is 1. The fourth-order valence-corrected chi connectivity index (χ4v) is 1.90. The van der Waals surface area contributed by atoms with E-state index in [0.29, 0.717) is 12.3 Å². The highest BCUT2D eigenvalue weighted by Crippen LogP contribution is 2.33. The van der Waals surface area contributed by atoms with E-state index >= 15 is 0 Å². The van der Waals surface area contributed by atoms with Crippen molar-refractivity contribution in [3.63, 3.8) is 0 Å². The van der Waals surface area contributed by atoms with Crippen LogP contribution in [-0.4, -0.2) is 18.8 Å². The number of phenols is 1. The first-order valence-electron chi connectivity index (χ1n) is 5.68. The third-order valence-corrected chi connectivity index (χ3v) is 2.94. The molecule has 0 aromatic heterocycles. The van der Waals surface area contributed by atoms with Crippen molar-refractivity contribution >= 4 is 0 Å². The molecule has 0 heterocycles. The van der Waals surface area contributed by atoms with E-state index in [1.54, 1.807) is 7.11 Å². The first kappa shape index (κ1) is 12.8. The van der Waals surface area contributed by atoms with Crippen molar-refractivity contribution in [3.8, 4) is 11.5 Å². The van der Waals surface area contributed by atoms with Gasteiger partial charge in [0.05, 0.1) is 7.11 Å². The van der Waals surface area contributed by atoms with E-state index in [9.17, 15) is 5.11 Å². The normalized spacial score (nSPS) is 10.5. The summed E-state index contributed by atoms with van der Waals surface area (Å²) < 4.78 is 5.21. The molecule has 3 N–H and O–H groups in total. The number of benzene rings is 1. The van der Waals surface area contributed by atoms with Gasteiger partial charge in [0.25, 0.3) is 0 Å². The Morgan fingerprint density at radius 3 is 2.56 bits per heavy atom. The lowest BCUT2D eigenvalue weighted by atomic mass is 9.98. The first-order chi connectivity index (χ1) is 7.61. The molecule has 0 fully saturated rings. The second-order valence-corrected chi connectivity index (χ2v) is 4.09. The number of nitrogens with two attached hydrogens (primary N) is 1. The molecule has 0 unspecified atom stereocenters. The second-order valence-electron chi connectivity index (χ2n) is 4.09. The summed E-state index contributed by atoms with van der Waals surface area (Å²) in [7, 11) is 1.62. The fourth-order valence-electron chi connectivity index (χ4n) is 1.90. The molecule has 3 nitrogen and oxygen atoms in total. The average molecular weight is 223 g/mol. The van der Waals surface area contributed by atoms with E-state index in [4.69, 9.17) is 10.5 Å². The Morgan fingerprint density at radius 1 is 1.31 bits per heavy atom. The van der Waals surface area contributed by atoms with Crippen molar-refractivity contribution in [2.24, 2.45) is 5.73 Å². The average Bonchev–Trinajstić information content (AvgIpc) is 2.28. The molecule has 0 aliphatic rings. The number of aromatic hydroxyl groups is 1. The van der Waals surface area contributed by atoms with Crippen LogP contribution in [0.3, 0.4) is 0 Å². The Bertz CT molecular complexity index is 361. The SMILES string of the molecule is COc1cc(C)c(CCCCN)c(O)c1C. The van der Waals surface area contributed by atoms with Gasteiger partial charge < -0.3 is 15.6 Å². The summed E-state index contributed by atoms with van der Waals surface area (Å²) >= 11 is 0. The Morgan fingerprint density at radius 2 is 2.00 bits per heavy atom. The lowest BCUT2D eigenvalue weighted by molar-refractivity contribution is 0.400. The van der Waals surface area contributed by atoms with Gasteiger partial charge in [0, 0.05) is 5.56 Å². The molecule has 0 spiro atoms. The minimum atomic E-state index is 0.369. The van der Waals surface area contributed by atoms with Gasteiger partial charge in [0.2, 0.25) is 0 Å². The van der Waals surface area contributed by atoms with Crippen LogP contribution in [0.15, 0.2) is 6.07 Å². The predicted octanol–water partition coefficient (Wildman–Crippen LogP) is 2.30. The topological polar surface area (TPSA) is 55.5 Å². The number of unbranched alkanes of at least 4 members (excludes halogenated alkanes) is 1. The summed E-state index contributed by atoms with van der Waals surface area (Å²) in [6.45, 7) is 4.58. The van der Waals surface area contributed by atoms with Gasteiger partial charge in [-0.1, -0.05) is 0 Å². The molecule has 0 saturated carbocycles. The number of phenolic OH excluding ortho intramolecular Hbond substituents is 1. The van der Waals surface area contributed by atoms with Crippen LogP contribution in [0.4, 0.5) is 0 Å². The summed E-state index contributed by atoms with van der Waals surface area (Å²) in [5.74, 6) is 1.12. The second kappa shape index (κ2) is 5.75. The standard InChI is InChI=1S/C13H21NO2/c1-9-8-12(16-3)10(2)13(15)11(9)6-4-5-7-14/h8,15H,4-7,14H2,1-3H3. The third-order valence-electron chi connectivity index (χ3n) is 2.94. The maximum absolute atomic E-state index is 10.1. The third kappa shape index (κ3) is 2.67. The highest BCUT2D eigenvalue weighted by Gasteiger charge is 2.12. The van der Waals surface area contributed by atoms with E-state index in [1.807, 2.05) is 19.9 Å². The molecule has 3 heteroatoms. The Kier molecular flexibility index (Phi) is 4.62. The zero-order valence-electron chi connectivity index (χ0n) is 10.3. The molecular weight excluding hydrogens is 202 g/mol. The van der Waals surface area contributed by atoms with Gasteiger partial charge in [-0.25, -0.2) is 0 Å². The summed E-state index contributed by atoms with van der Waals surface area (Å²) in [5, 5.41) is 10.1. The number of hydrogen-bond acceptors (Lipinski definition) is 3. The summed E-state index contributed by atoms with van der Waals surface area (Å²) in [5.41, 5.74) is 8.38. The molecule has 90 valence electrons. The maximum atomic E-state index is 10.1. The lowest BCUT2D eigenvalue weighted by Crippen LogP contribution is -2.01. The zero-order valence-corrected chi connectivity index (χ0v) is 10.3. The number of methoxy groups -OCH3 is 1. The van der Waals surface area contributed by atoms with Crippen LogP contribution in [-0.2, 0) is 6.42 Å². The van der Waals surface area contributed by atoms with Crippen LogP contribution in [0, 0.1) is 13.8 Å². The molecule has 0 aliphatic heterocycles. The Hall–Kier alpha value is -1.22. The lowest BCUT2D eigenvalue weighted by Gasteiger charge is -2.14. The molecule has 0 atom stereocenters. The van der Waals surface area contributed by atoms with E-state index < -0.39 is 0 Å². The monoisotopic (exact) mass is 223 g/mol. The van der Waals surface area contributed by atoms with Gasteiger partial charge in [-0.2, -0.15) is 0 Å². The van der Waals surface area contributed by atoms with Gasteiger partial charge >= 0.3 is 0 Å². The molecule has 0 amide bonds. The van der Waals surface area contributed by atoms with Crippen LogP contribution in [0.25, 0.3) is 0 Å². The Balaban J connectivity index is 2.96. The molecule has 1 aromatic carbocycles. The van der Waals surface area contributed by atoms with Gasteiger partial charge in [-0.3, -0.25) is 0 Å².